The number of rotatable bonds is 0. The summed E-state index contributed by atoms with van der Waals surface area (Å²) in [5, 5.41) is 0. The first-order valence-corrected chi connectivity index (χ1v) is 4.92. The molecule has 0 aromatic heterocycles. The minimum Gasteiger partial charge on any atom is -0.299 e. The maximum atomic E-state index is 5.80. The van der Waals surface area contributed by atoms with Crippen LogP contribution in [0, 0.1) is 0 Å². The van der Waals surface area contributed by atoms with Gasteiger partial charge < -0.3 is 0 Å². The molecule has 1 fully saturated rings. The van der Waals surface area contributed by atoms with Crippen LogP contribution < -0.4 is 0 Å². The Morgan fingerprint density at radius 1 is 1.27 bits per heavy atom. The van der Waals surface area contributed by atoms with E-state index in [9.17, 15) is 0 Å². The van der Waals surface area contributed by atoms with Gasteiger partial charge in [-0.15, -0.1) is 0 Å². The van der Waals surface area contributed by atoms with E-state index in [0.717, 1.165) is 13.0 Å². The van der Waals surface area contributed by atoms with Crippen molar-refractivity contribution in [2.24, 2.45) is 0 Å². The Morgan fingerprint density at radius 2 is 1.91 bits per heavy atom. The third-order valence-corrected chi connectivity index (χ3v) is 2.90. The minimum absolute atomic E-state index is 0.0984. The molecule has 0 aliphatic carbocycles. The van der Waals surface area contributed by atoms with Crippen LogP contribution in [-0.2, 0) is 0 Å². The number of halogens is 3. The van der Waals surface area contributed by atoms with Crippen LogP contribution in [0.4, 0.5) is 0 Å². The normalized spacial score (nSPS) is 28.9. The van der Waals surface area contributed by atoms with E-state index in [2.05, 4.69) is 4.90 Å². The molecule has 1 unspecified atom stereocenters. The van der Waals surface area contributed by atoms with E-state index in [0.29, 0.717) is 0 Å². The van der Waals surface area contributed by atoms with Crippen molar-refractivity contribution in [1.29, 1.82) is 0 Å². The fraction of sp³-hybridized carbons (Fsp3) is 1.00. The second-order valence-electron chi connectivity index (χ2n) is 3.03. The number of hydrogen-bond donors (Lipinski definition) is 0. The molecule has 0 radical (unpaired) electrons. The summed E-state index contributed by atoms with van der Waals surface area (Å²) in [5.41, 5.74) is 0. The van der Waals surface area contributed by atoms with Crippen molar-refractivity contribution in [2.45, 2.75) is 29.1 Å². The van der Waals surface area contributed by atoms with Gasteiger partial charge in [-0.3, -0.25) is 4.90 Å². The molecule has 0 bridgehead atoms. The molecule has 0 aromatic carbocycles. The molecule has 1 heterocycles. The van der Waals surface area contributed by atoms with Crippen LogP contribution in [0.15, 0.2) is 0 Å². The van der Waals surface area contributed by atoms with Crippen LogP contribution >= 0.6 is 34.8 Å². The number of nitrogens with zero attached hydrogens (tertiary/aromatic N) is 1. The van der Waals surface area contributed by atoms with Crippen molar-refractivity contribution in [3.8, 4) is 0 Å². The molecule has 11 heavy (non-hydrogen) atoms. The highest BCUT2D eigenvalue weighted by atomic mass is 35.6. The summed E-state index contributed by atoms with van der Waals surface area (Å²) >= 11 is 17.4. The smallest absolute Gasteiger partial charge is 0.205 e. The van der Waals surface area contributed by atoms with Crippen LogP contribution in [0.3, 0.4) is 0 Å². The van der Waals surface area contributed by atoms with Crippen LogP contribution in [0.2, 0.25) is 0 Å². The van der Waals surface area contributed by atoms with Gasteiger partial charge in [-0.05, 0) is 26.4 Å². The fourth-order valence-corrected chi connectivity index (χ4v) is 2.32. The Hall–Kier alpha value is 0.830. The third-order valence-electron chi connectivity index (χ3n) is 2.15. The third kappa shape index (κ3) is 2.66. The van der Waals surface area contributed by atoms with E-state index in [-0.39, 0.29) is 6.04 Å². The van der Waals surface area contributed by atoms with Crippen molar-refractivity contribution in [2.75, 3.05) is 13.6 Å². The van der Waals surface area contributed by atoms with Gasteiger partial charge in [0.2, 0.25) is 3.79 Å². The van der Waals surface area contributed by atoms with Crippen LogP contribution in [-0.4, -0.2) is 28.3 Å². The quantitative estimate of drug-likeness (QED) is 0.563. The highest BCUT2D eigenvalue weighted by molar-refractivity contribution is 6.68. The van der Waals surface area contributed by atoms with E-state index in [1.54, 1.807) is 0 Å². The minimum atomic E-state index is -1.12. The molecule has 0 aromatic rings. The Balaban J connectivity index is 2.55. The number of piperidine rings is 1. The molecular formula is C7H12Cl3N. The summed E-state index contributed by atoms with van der Waals surface area (Å²) in [6.07, 6.45) is 3.38. The predicted molar refractivity (Wildman–Crippen MR) is 50.6 cm³/mol. The molecule has 4 heteroatoms. The second kappa shape index (κ2) is 3.69. The topological polar surface area (TPSA) is 3.24 Å². The average molecular weight is 217 g/mol. The van der Waals surface area contributed by atoms with Gasteiger partial charge in [-0.25, -0.2) is 0 Å². The molecule has 0 spiro atoms. The van der Waals surface area contributed by atoms with E-state index in [1.165, 1.54) is 12.8 Å². The molecule has 1 aliphatic rings. The van der Waals surface area contributed by atoms with Gasteiger partial charge in [0.1, 0.15) is 0 Å². The molecule has 0 N–H and O–H groups in total. The van der Waals surface area contributed by atoms with E-state index in [1.807, 2.05) is 7.05 Å². The maximum Gasteiger partial charge on any atom is 0.205 e. The first-order chi connectivity index (χ1) is 5.02. The number of likely N-dealkylation sites (tertiary alicyclic amines) is 1. The first-order valence-electron chi connectivity index (χ1n) is 3.79. The summed E-state index contributed by atoms with van der Waals surface area (Å²) < 4.78 is -1.12. The lowest BCUT2D eigenvalue weighted by atomic mass is 10.0. The van der Waals surface area contributed by atoms with Gasteiger partial charge in [0.25, 0.3) is 0 Å². The summed E-state index contributed by atoms with van der Waals surface area (Å²) in [7, 11) is 2.01. The Labute approximate surface area is 82.6 Å². The molecule has 1 aliphatic heterocycles. The summed E-state index contributed by atoms with van der Waals surface area (Å²) in [6, 6.07) is 0.0984. The van der Waals surface area contributed by atoms with Crippen LogP contribution in [0.25, 0.3) is 0 Å². The van der Waals surface area contributed by atoms with Gasteiger partial charge in [0, 0.05) is 0 Å². The standard InChI is InChI=1S/C7H12Cl3N/c1-11-5-3-2-4-6(11)7(8,9)10/h6H,2-5H2,1H3. The predicted octanol–water partition coefficient (Wildman–Crippen LogP) is 2.84. The molecule has 0 saturated carbocycles. The Morgan fingerprint density at radius 3 is 2.27 bits per heavy atom. The molecule has 0 amide bonds. The molecule has 1 rings (SSSR count). The van der Waals surface area contributed by atoms with Crippen LogP contribution in [0.5, 0.6) is 0 Å². The number of alkyl halides is 3. The van der Waals surface area contributed by atoms with Crippen molar-refractivity contribution in [3.05, 3.63) is 0 Å². The molecular weight excluding hydrogens is 204 g/mol. The Kier molecular flexibility index (Phi) is 3.33. The van der Waals surface area contributed by atoms with Gasteiger partial charge in [-0.2, -0.15) is 0 Å². The molecule has 1 atom stereocenters. The number of hydrogen-bond acceptors (Lipinski definition) is 1. The first kappa shape index (κ1) is 9.91. The zero-order valence-corrected chi connectivity index (χ0v) is 8.75. The van der Waals surface area contributed by atoms with Gasteiger partial charge in [0.15, 0.2) is 0 Å². The van der Waals surface area contributed by atoms with Gasteiger partial charge in [-0.1, -0.05) is 41.2 Å². The summed E-state index contributed by atoms with van der Waals surface area (Å²) in [6.45, 7) is 1.04. The molecule has 1 saturated heterocycles. The fourth-order valence-electron chi connectivity index (χ4n) is 1.49. The lowest BCUT2D eigenvalue weighted by Crippen LogP contribution is -2.44. The second-order valence-corrected chi connectivity index (χ2v) is 5.40. The lowest BCUT2D eigenvalue weighted by molar-refractivity contribution is 0.188. The summed E-state index contributed by atoms with van der Waals surface area (Å²) in [5.74, 6) is 0. The van der Waals surface area contributed by atoms with Gasteiger partial charge in [0.05, 0.1) is 6.04 Å². The summed E-state index contributed by atoms with van der Waals surface area (Å²) in [4.78, 5) is 2.12. The largest absolute Gasteiger partial charge is 0.299 e. The highest BCUT2D eigenvalue weighted by Gasteiger charge is 2.36. The highest BCUT2D eigenvalue weighted by Crippen LogP contribution is 2.37. The van der Waals surface area contributed by atoms with Crippen molar-refractivity contribution in [3.63, 3.8) is 0 Å². The monoisotopic (exact) mass is 215 g/mol. The average Bonchev–Trinajstić information content (AvgIpc) is 1.86. The van der Waals surface area contributed by atoms with E-state index >= 15 is 0 Å². The molecule has 66 valence electrons. The Bertz CT molecular complexity index is 132. The SMILES string of the molecule is CN1CCCCC1C(Cl)(Cl)Cl. The van der Waals surface area contributed by atoms with Crippen molar-refractivity contribution in [1.82, 2.24) is 4.90 Å². The lowest BCUT2D eigenvalue weighted by Gasteiger charge is -2.36. The zero-order valence-electron chi connectivity index (χ0n) is 6.49. The van der Waals surface area contributed by atoms with Crippen LogP contribution in [0.1, 0.15) is 19.3 Å². The molecule has 1 nitrogen and oxygen atoms in total. The van der Waals surface area contributed by atoms with Crippen molar-refractivity contribution < 1.29 is 0 Å². The van der Waals surface area contributed by atoms with Crippen molar-refractivity contribution >= 4 is 34.8 Å². The van der Waals surface area contributed by atoms with Gasteiger partial charge >= 0.3 is 0 Å². The maximum absolute atomic E-state index is 5.80. The van der Waals surface area contributed by atoms with E-state index < -0.39 is 3.79 Å². The van der Waals surface area contributed by atoms with E-state index in [4.69, 9.17) is 34.8 Å². The zero-order chi connectivity index (χ0) is 8.48.